The van der Waals surface area contributed by atoms with Gasteiger partial charge in [-0.15, -0.1) is 0 Å². The van der Waals surface area contributed by atoms with Crippen LogP contribution in [-0.2, 0) is 42.6 Å². The Hall–Kier alpha value is -4.95. The number of ether oxygens (including phenoxy) is 1. The minimum atomic E-state index is -0.940. The summed E-state index contributed by atoms with van der Waals surface area (Å²) in [6.07, 6.45) is 5.85. The van der Waals surface area contributed by atoms with E-state index in [-0.39, 0.29) is 40.5 Å². The van der Waals surface area contributed by atoms with Crippen molar-refractivity contribution in [1.82, 2.24) is 23.6 Å². The average molecular weight is 687 g/mol. The monoisotopic (exact) mass is 686 g/mol. The van der Waals surface area contributed by atoms with Crippen LogP contribution in [0.3, 0.4) is 0 Å². The predicted octanol–water partition coefficient (Wildman–Crippen LogP) is 1.85. The number of aromatic nitrogens is 4. The number of imidazole rings is 1. The van der Waals surface area contributed by atoms with E-state index in [4.69, 9.17) is 9.84 Å². The van der Waals surface area contributed by atoms with Crippen molar-refractivity contribution in [2.45, 2.75) is 68.6 Å². The fourth-order valence-electron chi connectivity index (χ4n) is 8.48. The minimum absolute atomic E-state index is 0.0454. The highest BCUT2D eigenvalue weighted by atomic mass is 16.5. The molecule has 2 aromatic carbocycles. The lowest BCUT2D eigenvalue weighted by Gasteiger charge is -2.62. The molecule has 2 saturated carbocycles. The molecule has 3 fully saturated rings. The van der Waals surface area contributed by atoms with Gasteiger partial charge < -0.3 is 29.9 Å². The number of hydrogen-bond donors (Lipinski definition) is 4. The van der Waals surface area contributed by atoms with Crippen LogP contribution < -0.4 is 21.3 Å². The second-order valence-electron chi connectivity index (χ2n) is 14.2. The van der Waals surface area contributed by atoms with Crippen LogP contribution in [0.4, 0.5) is 5.69 Å². The summed E-state index contributed by atoms with van der Waals surface area (Å²) in [5, 5.41) is 33.8. The molecule has 9 rings (SSSR count). The zero-order chi connectivity index (χ0) is 35.7. The molecule has 2 aliphatic heterocycles. The predicted molar refractivity (Wildman–Crippen MR) is 183 cm³/mol. The van der Waals surface area contributed by atoms with Gasteiger partial charge in [0.2, 0.25) is 5.91 Å². The Bertz CT molecular complexity index is 2130. The van der Waals surface area contributed by atoms with Gasteiger partial charge in [-0.3, -0.25) is 28.4 Å². The van der Waals surface area contributed by atoms with Crippen molar-refractivity contribution in [1.29, 1.82) is 0 Å². The third-order valence-electron chi connectivity index (χ3n) is 11.1. The summed E-state index contributed by atoms with van der Waals surface area (Å²) < 4.78 is 10.1. The first kappa shape index (κ1) is 33.5. The van der Waals surface area contributed by atoms with Crippen LogP contribution >= 0.6 is 0 Å². The summed E-state index contributed by atoms with van der Waals surface area (Å²) in [7, 11) is 4.77. The highest BCUT2D eigenvalue weighted by Crippen LogP contribution is 2.64. The van der Waals surface area contributed by atoms with Gasteiger partial charge in [0.05, 0.1) is 17.3 Å². The first-order valence-corrected chi connectivity index (χ1v) is 16.9. The van der Waals surface area contributed by atoms with Crippen LogP contribution in [0.15, 0.2) is 52.3 Å². The molecule has 4 atom stereocenters. The van der Waals surface area contributed by atoms with E-state index in [1.54, 1.807) is 36.9 Å². The first-order valence-electron chi connectivity index (χ1n) is 16.9. The zero-order valence-corrected chi connectivity index (χ0v) is 28.5. The number of phenols is 2. The van der Waals surface area contributed by atoms with Crippen molar-refractivity contribution in [3.63, 3.8) is 0 Å². The number of ketones is 1. The van der Waals surface area contributed by atoms with Crippen LogP contribution in [-0.4, -0.2) is 81.4 Å². The summed E-state index contributed by atoms with van der Waals surface area (Å²) in [5.41, 5.74) is 1.32. The molecule has 0 radical (unpaired) electrons. The number of aromatic hydroxyl groups is 2. The number of carbonyl (C=O) groups excluding carboxylic acids is 2. The standard InChI is InChI=1S/C20H23NO4.C8H10N4O2.C8H9NO2/c22-13-4-3-12-9-15-20(24)6-5-14(23)18-19(20,16(12)17(13)25-18)7-8-21(15)10-11-1-2-11;1-10-4-9-6-5(10)7(13)12(3)8(14)11(6)2;1-6(10)9-7-2-4-8(11)5-3-7/h3-4,11,15,18,22,24H,1-2,5-10H2;4H,1-3H3;2-5,11H,1H3,(H,9,10)/t15-,18+,19+,20-;;/m1../s1. The third kappa shape index (κ3) is 5.19. The molecule has 3 aliphatic carbocycles. The van der Waals surface area contributed by atoms with E-state index >= 15 is 0 Å². The van der Waals surface area contributed by atoms with Crippen LogP contribution in [0.5, 0.6) is 17.2 Å². The second kappa shape index (κ2) is 12.1. The van der Waals surface area contributed by atoms with Crippen LogP contribution in [0.2, 0.25) is 0 Å². The van der Waals surface area contributed by atoms with E-state index in [1.165, 1.54) is 49.8 Å². The molecule has 4 N–H and O–H groups in total. The van der Waals surface area contributed by atoms with Gasteiger partial charge in [-0.1, -0.05) is 6.07 Å². The number of phenolic OH excluding ortho intramolecular Hbond substituents is 2. The van der Waals surface area contributed by atoms with Gasteiger partial charge in [0.1, 0.15) is 5.75 Å². The number of rotatable bonds is 3. The normalized spacial score (nSPS) is 25.8. The molecule has 50 heavy (non-hydrogen) atoms. The molecule has 2 aromatic heterocycles. The topological polar surface area (TPSA) is 181 Å². The number of anilines is 1. The Morgan fingerprint density at radius 2 is 1.74 bits per heavy atom. The number of nitrogens with zero attached hydrogens (tertiary/aromatic N) is 5. The van der Waals surface area contributed by atoms with Gasteiger partial charge in [0.25, 0.3) is 5.56 Å². The maximum absolute atomic E-state index is 12.7. The summed E-state index contributed by atoms with van der Waals surface area (Å²) in [6, 6.07) is 10.00. The van der Waals surface area contributed by atoms with E-state index in [0.29, 0.717) is 35.4 Å². The average Bonchev–Trinajstić information content (AvgIpc) is 3.70. The van der Waals surface area contributed by atoms with Crippen molar-refractivity contribution >= 4 is 28.5 Å². The van der Waals surface area contributed by atoms with E-state index in [0.717, 1.165) is 47.5 Å². The summed E-state index contributed by atoms with van der Waals surface area (Å²) in [5.74, 6) is 1.47. The number of fused-ring (bicyclic) bond motifs is 1. The van der Waals surface area contributed by atoms with Gasteiger partial charge in [-0.25, -0.2) is 9.78 Å². The number of amides is 1. The lowest BCUT2D eigenvalue weighted by Crippen LogP contribution is -2.76. The maximum Gasteiger partial charge on any atom is 0.332 e. The number of hydrogen-bond acceptors (Lipinski definition) is 10. The summed E-state index contributed by atoms with van der Waals surface area (Å²) in [4.78, 5) is 52.9. The van der Waals surface area contributed by atoms with Crippen LogP contribution in [0.25, 0.3) is 11.2 Å². The molecule has 0 unspecified atom stereocenters. The third-order valence-corrected chi connectivity index (χ3v) is 11.1. The van der Waals surface area contributed by atoms with E-state index in [9.17, 15) is 29.4 Å². The van der Waals surface area contributed by atoms with Gasteiger partial charge >= 0.3 is 5.69 Å². The number of benzene rings is 2. The lowest BCUT2D eigenvalue weighted by molar-refractivity contribution is -0.188. The number of carbonyl (C=O) groups is 2. The zero-order valence-electron chi connectivity index (χ0n) is 28.5. The molecule has 5 aliphatic rings. The number of aliphatic hydroxyl groups is 1. The summed E-state index contributed by atoms with van der Waals surface area (Å²) >= 11 is 0. The van der Waals surface area contributed by atoms with E-state index in [1.807, 2.05) is 6.07 Å². The Labute approximate surface area is 287 Å². The van der Waals surface area contributed by atoms with Crippen molar-refractivity contribution in [2.24, 2.45) is 27.1 Å². The number of nitrogens with one attached hydrogen (secondary N) is 1. The Kier molecular flexibility index (Phi) is 8.14. The molecule has 4 aromatic rings. The largest absolute Gasteiger partial charge is 0.508 e. The highest BCUT2D eigenvalue weighted by molar-refractivity contribution is 5.90. The van der Waals surface area contributed by atoms with Crippen LogP contribution in [0, 0.1) is 5.92 Å². The van der Waals surface area contributed by atoms with Crippen molar-refractivity contribution < 1.29 is 29.6 Å². The molecule has 1 amide bonds. The molecular weight excluding hydrogens is 644 g/mol. The number of aryl methyl sites for hydroxylation is 2. The van der Waals surface area contributed by atoms with Gasteiger partial charge in [-0.2, -0.15) is 0 Å². The fourth-order valence-corrected chi connectivity index (χ4v) is 8.48. The Balaban J connectivity index is 0.000000133. The smallest absolute Gasteiger partial charge is 0.332 e. The van der Waals surface area contributed by atoms with Crippen LogP contribution in [0.1, 0.15) is 50.2 Å². The maximum atomic E-state index is 12.7. The van der Waals surface area contributed by atoms with Crippen molar-refractivity contribution in [3.05, 3.63) is 74.7 Å². The lowest BCUT2D eigenvalue weighted by atomic mass is 9.49. The molecule has 14 nitrogen and oxygen atoms in total. The minimum Gasteiger partial charge on any atom is -0.508 e. The Morgan fingerprint density at radius 1 is 1.02 bits per heavy atom. The summed E-state index contributed by atoms with van der Waals surface area (Å²) in [6.45, 7) is 3.39. The first-order chi connectivity index (χ1) is 23.8. The quantitative estimate of drug-likeness (QED) is 0.232. The molecular formula is C36H42N6O8. The fraction of sp³-hybridized carbons (Fsp3) is 0.472. The number of Topliss-reactive ketones (excluding diaryl/α,β-unsaturated/α-hetero) is 1. The molecule has 264 valence electrons. The van der Waals surface area contributed by atoms with E-state index in [2.05, 4.69) is 15.2 Å². The highest BCUT2D eigenvalue weighted by Gasteiger charge is 2.73. The second-order valence-corrected chi connectivity index (χ2v) is 14.2. The number of likely N-dealkylation sites (tertiary alicyclic amines) is 1. The van der Waals surface area contributed by atoms with Gasteiger partial charge in [0.15, 0.2) is 34.6 Å². The van der Waals surface area contributed by atoms with Crippen molar-refractivity contribution in [3.8, 4) is 17.2 Å². The molecule has 1 saturated heterocycles. The van der Waals surface area contributed by atoms with Gasteiger partial charge in [-0.05, 0) is 80.5 Å². The molecule has 4 heterocycles. The van der Waals surface area contributed by atoms with Gasteiger partial charge in [0, 0.05) is 58.3 Å². The molecule has 14 heteroatoms. The SMILES string of the molecule is CC(=O)Nc1ccc(O)cc1.Cn1c(=O)c2c(ncn2C)n(C)c1=O.O=C1CC[C@@]2(O)[C@H]3Cc4ccc(O)c5c4[C@@]2(CCN3CC2CC2)[C@H]1O5. The molecule has 2 bridgehead atoms. The Morgan fingerprint density at radius 3 is 2.42 bits per heavy atom. The van der Waals surface area contributed by atoms with E-state index < -0.39 is 17.1 Å². The van der Waals surface area contributed by atoms with Crippen molar-refractivity contribution in [2.75, 3.05) is 18.4 Å². The number of piperidine rings is 1. The molecule has 1 spiro atoms.